The molecular weight excluding hydrogens is 266 g/mol. The molecule has 0 saturated carbocycles. The fourth-order valence-electron chi connectivity index (χ4n) is 1.83. The van der Waals surface area contributed by atoms with Crippen LogP contribution in [0.15, 0.2) is 54.6 Å². The van der Waals surface area contributed by atoms with Gasteiger partial charge in [0.1, 0.15) is 12.4 Å². The Kier molecular flexibility index (Phi) is 5.79. The lowest BCUT2D eigenvalue weighted by Gasteiger charge is -2.08. The number of amides is 1. The third-order valence-electron chi connectivity index (χ3n) is 2.79. The molecule has 0 aliphatic carbocycles. The lowest BCUT2D eigenvalue weighted by molar-refractivity contribution is -0.121. The summed E-state index contributed by atoms with van der Waals surface area (Å²) in [5, 5.41) is 2.78. The summed E-state index contributed by atoms with van der Waals surface area (Å²) < 4.78 is 10.7. The van der Waals surface area contributed by atoms with Gasteiger partial charge in [-0.05, 0) is 36.8 Å². The third-order valence-corrected chi connectivity index (χ3v) is 2.79. The molecule has 0 atom stereocenters. The monoisotopic (exact) mass is 285 g/mol. The van der Waals surface area contributed by atoms with Crippen molar-refractivity contribution < 1.29 is 14.3 Å². The minimum absolute atomic E-state index is 0.0299. The highest BCUT2D eigenvalue weighted by Gasteiger charge is 2.03. The largest absolute Gasteiger partial charge is 0.494 e. The summed E-state index contributed by atoms with van der Waals surface area (Å²) in [6.45, 7) is 3.01. The molecule has 0 bridgehead atoms. The van der Waals surface area contributed by atoms with Crippen LogP contribution in [0.3, 0.4) is 0 Å². The number of carbonyl (C=O) groups is 1. The zero-order valence-corrected chi connectivity index (χ0v) is 12.0. The van der Waals surface area contributed by atoms with Crippen LogP contribution >= 0.6 is 0 Å². The Morgan fingerprint density at radius 1 is 1.05 bits per heavy atom. The van der Waals surface area contributed by atoms with Crippen LogP contribution in [0, 0.1) is 0 Å². The molecule has 0 aromatic heterocycles. The third kappa shape index (κ3) is 5.28. The Labute approximate surface area is 124 Å². The Hall–Kier alpha value is -2.33. The summed E-state index contributed by atoms with van der Waals surface area (Å²) in [5.41, 5.74) is 1.78. The van der Waals surface area contributed by atoms with Gasteiger partial charge in [0.2, 0.25) is 5.91 Å². The molecule has 4 nitrogen and oxygen atoms in total. The molecule has 0 aliphatic heterocycles. The van der Waals surface area contributed by atoms with Crippen LogP contribution in [0.5, 0.6) is 5.75 Å². The normalized spacial score (nSPS) is 10.1. The van der Waals surface area contributed by atoms with Crippen molar-refractivity contribution in [3.63, 3.8) is 0 Å². The smallest absolute Gasteiger partial charge is 0.250 e. The fourth-order valence-corrected chi connectivity index (χ4v) is 1.83. The van der Waals surface area contributed by atoms with Crippen molar-refractivity contribution in [3.05, 3.63) is 60.2 Å². The minimum atomic E-state index is -0.171. The van der Waals surface area contributed by atoms with Crippen LogP contribution in [0.2, 0.25) is 0 Å². The average molecular weight is 285 g/mol. The summed E-state index contributed by atoms with van der Waals surface area (Å²) in [5.74, 6) is 0.617. The quantitative estimate of drug-likeness (QED) is 0.849. The van der Waals surface area contributed by atoms with Gasteiger partial charge in [0, 0.05) is 5.69 Å². The predicted molar refractivity (Wildman–Crippen MR) is 82.3 cm³/mol. The SMILES string of the molecule is CCOc1ccc(NC(=O)COCc2ccccc2)cc1. The topological polar surface area (TPSA) is 47.6 Å². The summed E-state index contributed by atoms with van der Waals surface area (Å²) >= 11 is 0. The molecule has 1 N–H and O–H groups in total. The number of benzene rings is 2. The van der Waals surface area contributed by atoms with Gasteiger partial charge in [-0.15, -0.1) is 0 Å². The van der Waals surface area contributed by atoms with E-state index in [9.17, 15) is 4.79 Å². The van der Waals surface area contributed by atoms with E-state index in [1.54, 1.807) is 12.1 Å². The maximum absolute atomic E-state index is 11.7. The van der Waals surface area contributed by atoms with Crippen molar-refractivity contribution in [2.24, 2.45) is 0 Å². The maximum atomic E-state index is 11.7. The molecule has 2 aromatic carbocycles. The molecule has 4 heteroatoms. The Balaban J connectivity index is 1.74. The van der Waals surface area contributed by atoms with E-state index in [-0.39, 0.29) is 12.5 Å². The lowest BCUT2D eigenvalue weighted by Crippen LogP contribution is -2.18. The van der Waals surface area contributed by atoms with E-state index in [4.69, 9.17) is 9.47 Å². The number of nitrogens with one attached hydrogen (secondary N) is 1. The van der Waals surface area contributed by atoms with E-state index in [1.165, 1.54) is 0 Å². The van der Waals surface area contributed by atoms with Gasteiger partial charge in [-0.1, -0.05) is 30.3 Å². The molecule has 0 radical (unpaired) electrons. The van der Waals surface area contributed by atoms with Crippen LogP contribution in [0.4, 0.5) is 5.69 Å². The van der Waals surface area contributed by atoms with Crippen molar-refractivity contribution in [1.82, 2.24) is 0 Å². The molecular formula is C17H19NO3. The summed E-state index contributed by atoms with van der Waals surface area (Å²) in [4.78, 5) is 11.7. The Bertz CT molecular complexity index is 552. The van der Waals surface area contributed by atoms with Crippen LogP contribution < -0.4 is 10.1 Å². The number of carbonyl (C=O) groups excluding carboxylic acids is 1. The first-order chi connectivity index (χ1) is 10.3. The van der Waals surface area contributed by atoms with Crippen LogP contribution in [0.1, 0.15) is 12.5 Å². The predicted octanol–water partition coefficient (Wildman–Crippen LogP) is 3.24. The van der Waals surface area contributed by atoms with Gasteiger partial charge in [0.05, 0.1) is 13.2 Å². The van der Waals surface area contributed by atoms with Crippen LogP contribution in [-0.4, -0.2) is 19.1 Å². The Morgan fingerprint density at radius 2 is 1.76 bits per heavy atom. The Morgan fingerprint density at radius 3 is 2.43 bits per heavy atom. The molecule has 2 aromatic rings. The van der Waals surface area contributed by atoms with E-state index < -0.39 is 0 Å². The molecule has 0 unspecified atom stereocenters. The summed E-state index contributed by atoms with van der Waals surface area (Å²) in [6, 6.07) is 17.0. The highest BCUT2D eigenvalue weighted by molar-refractivity contribution is 5.91. The van der Waals surface area contributed by atoms with E-state index in [0.29, 0.717) is 13.2 Å². The van der Waals surface area contributed by atoms with Crippen molar-refractivity contribution in [2.45, 2.75) is 13.5 Å². The van der Waals surface area contributed by atoms with E-state index >= 15 is 0 Å². The number of ether oxygens (including phenoxy) is 2. The van der Waals surface area contributed by atoms with Gasteiger partial charge >= 0.3 is 0 Å². The zero-order valence-electron chi connectivity index (χ0n) is 12.0. The summed E-state index contributed by atoms with van der Waals surface area (Å²) in [6.07, 6.45) is 0. The first-order valence-electron chi connectivity index (χ1n) is 6.92. The molecule has 2 rings (SSSR count). The molecule has 1 amide bonds. The van der Waals surface area contributed by atoms with Gasteiger partial charge in [0.25, 0.3) is 0 Å². The number of anilines is 1. The minimum Gasteiger partial charge on any atom is -0.494 e. The van der Waals surface area contributed by atoms with Crippen molar-refractivity contribution in [1.29, 1.82) is 0 Å². The van der Waals surface area contributed by atoms with Crippen molar-refractivity contribution >= 4 is 11.6 Å². The van der Waals surface area contributed by atoms with Gasteiger partial charge in [0.15, 0.2) is 0 Å². The average Bonchev–Trinajstić information content (AvgIpc) is 2.51. The molecule has 110 valence electrons. The second-order valence-electron chi connectivity index (χ2n) is 4.48. The molecule has 0 heterocycles. The maximum Gasteiger partial charge on any atom is 0.250 e. The fraction of sp³-hybridized carbons (Fsp3) is 0.235. The summed E-state index contributed by atoms with van der Waals surface area (Å²) in [7, 11) is 0. The van der Waals surface area contributed by atoms with Crippen molar-refractivity contribution in [2.75, 3.05) is 18.5 Å². The van der Waals surface area contributed by atoms with E-state index in [2.05, 4.69) is 5.32 Å². The highest BCUT2D eigenvalue weighted by atomic mass is 16.5. The molecule has 0 saturated heterocycles. The van der Waals surface area contributed by atoms with E-state index in [1.807, 2.05) is 49.4 Å². The molecule has 0 spiro atoms. The molecule has 0 fully saturated rings. The van der Waals surface area contributed by atoms with Crippen LogP contribution in [0.25, 0.3) is 0 Å². The number of hydrogen-bond donors (Lipinski definition) is 1. The lowest BCUT2D eigenvalue weighted by atomic mass is 10.2. The molecule has 0 aliphatic rings. The van der Waals surface area contributed by atoms with Crippen LogP contribution in [-0.2, 0) is 16.1 Å². The van der Waals surface area contributed by atoms with Crippen molar-refractivity contribution in [3.8, 4) is 5.75 Å². The standard InChI is InChI=1S/C17H19NO3/c1-2-21-16-10-8-15(9-11-16)18-17(19)13-20-12-14-6-4-3-5-7-14/h3-11H,2,12-13H2,1H3,(H,18,19). The van der Waals surface area contributed by atoms with Gasteiger partial charge in [-0.3, -0.25) is 4.79 Å². The zero-order chi connectivity index (χ0) is 14.9. The first-order valence-corrected chi connectivity index (χ1v) is 6.92. The number of rotatable bonds is 7. The van der Waals surface area contributed by atoms with E-state index in [0.717, 1.165) is 17.0 Å². The second-order valence-corrected chi connectivity index (χ2v) is 4.48. The highest BCUT2D eigenvalue weighted by Crippen LogP contribution is 2.15. The van der Waals surface area contributed by atoms with Gasteiger partial charge < -0.3 is 14.8 Å². The van der Waals surface area contributed by atoms with Gasteiger partial charge in [-0.25, -0.2) is 0 Å². The first kappa shape index (κ1) is 15.1. The van der Waals surface area contributed by atoms with Gasteiger partial charge in [-0.2, -0.15) is 0 Å². The number of hydrogen-bond acceptors (Lipinski definition) is 3. The second kappa shape index (κ2) is 8.07. The molecule has 21 heavy (non-hydrogen) atoms.